The molecule has 1 unspecified atom stereocenters. The van der Waals surface area contributed by atoms with Crippen LogP contribution in [-0.4, -0.2) is 31.7 Å². The Kier molecular flexibility index (Phi) is 7.23. The maximum atomic E-state index is 12.7. The molecule has 0 fully saturated rings. The lowest BCUT2D eigenvalue weighted by molar-refractivity contribution is -0.122. The second-order valence-corrected chi connectivity index (χ2v) is 5.93. The molecule has 0 bridgehead atoms. The van der Waals surface area contributed by atoms with Crippen molar-refractivity contribution >= 4 is 17.6 Å². The third kappa shape index (κ3) is 5.48. The second-order valence-electron chi connectivity index (χ2n) is 5.93. The van der Waals surface area contributed by atoms with Crippen LogP contribution in [0.2, 0.25) is 0 Å². The van der Waals surface area contributed by atoms with E-state index in [1.807, 2.05) is 13.8 Å². The molecule has 0 saturated carbocycles. The maximum Gasteiger partial charge on any atom is 0.338 e. The summed E-state index contributed by atoms with van der Waals surface area (Å²) in [7, 11) is 1.59. The van der Waals surface area contributed by atoms with Crippen molar-refractivity contribution < 1.29 is 23.8 Å². The van der Waals surface area contributed by atoms with Gasteiger partial charge < -0.3 is 19.5 Å². The van der Waals surface area contributed by atoms with E-state index in [0.29, 0.717) is 35.8 Å². The van der Waals surface area contributed by atoms with Crippen molar-refractivity contribution in [3.8, 4) is 11.5 Å². The van der Waals surface area contributed by atoms with Gasteiger partial charge in [-0.1, -0.05) is 13.0 Å². The van der Waals surface area contributed by atoms with Crippen LogP contribution in [0.25, 0.3) is 0 Å². The fourth-order valence-corrected chi connectivity index (χ4v) is 2.45. The highest BCUT2D eigenvalue weighted by atomic mass is 16.5. The van der Waals surface area contributed by atoms with Crippen molar-refractivity contribution in [3.05, 3.63) is 53.6 Å². The molecule has 0 spiro atoms. The zero-order chi connectivity index (χ0) is 19.8. The summed E-state index contributed by atoms with van der Waals surface area (Å²) >= 11 is 0. The first-order chi connectivity index (χ1) is 13.0. The van der Waals surface area contributed by atoms with Crippen LogP contribution in [0.5, 0.6) is 11.5 Å². The molecule has 2 rings (SSSR count). The standard InChI is InChI=1S/C21H25NO5/c1-5-19(27-17-11-9-16(25-4)10-12-17)20(23)22-18-13-15(8-7-14(18)3)21(24)26-6-2/h7-13,19H,5-6H2,1-4H3,(H,22,23). The van der Waals surface area contributed by atoms with E-state index in [2.05, 4.69) is 5.32 Å². The SMILES string of the molecule is CCOC(=O)c1ccc(C)c(NC(=O)C(CC)Oc2ccc(OC)cc2)c1. The van der Waals surface area contributed by atoms with Gasteiger partial charge in [-0.2, -0.15) is 0 Å². The summed E-state index contributed by atoms with van der Waals surface area (Å²) in [5.74, 6) is 0.591. The van der Waals surface area contributed by atoms with Gasteiger partial charge in [0.2, 0.25) is 0 Å². The van der Waals surface area contributed by atoms with E-state index < -0.39 is 12.1 Å². The minimum atomic E-state index is -0.663. The molecule has 1 N–H and O–H groups in total. The van der Waals surface area contributed by atoms with E-state index in [0.717, 1.165) is 5.56 Å². The Morgan fingerprint density at radius 1 is 1.04 bits per heavy atom. The first-order valence-electron chi connectivity index (χ1n) is 8.87. The first-order valence-corrected chi connectivity index (χ1v) is 8.87. The molecule has 2 aromatic carbocycles. The van der Waals surface area contributed by atoms with Crippen LogP contribution < -0.4 is 14.8 Å². The van der Waals surface area contributed by atoms with Gasteiger partial charge in [0, 0.05) is 5.69 Å². The number of hydrogen-bond acceptors (Lipinski definition) is 5. The van der Waals surface area contributed by atoms with Crippen LogP contribution in [-0.2, 0) is 9.53 Å². The third-order valence-electron chi connectivity index (χ3n) is 4.01. The molecule has 0 aromatic heterocycles. The highest BCUT2D eigenvalue weighted by Crippen LogP contribution is 2.21. The number of rotatable bonds is 8. The minimum absolute atomic E-state index is 0.280. The number of carbonyl (C=O) groups is 2. The van der Waals surface area contributed by atoms with E-state index in [1.54, 1.807) is 56.5 Å². The van der Waals surface area contributed by atoms with Gasteiger partial charge in [-0.15, -0.1) is 0 Å². The molecule has 0 aliphatic carbocycles. The van der Waals surface area contributed by atoms with Crippen molar-refractivity contribution in [3.63, 3.8) is 0 Å². The molecule has 2 aromatic rings. The Hall–Kier alpha value is -3.02. The van der Waals surface area contributed by atoms with Gasteiger partial charge in [0.15, 0.2) is 6.10 Å². The summed E-state index contributed by atoms with van der Waals surface area (Å²) in [5.41, 5.74) is 1.79. The summed E-state index contributed by atoms with van der Waals surface area (Å²) in [6, 6.07) is 12.1. The van der Waals surface area contributed by atoms with E-state index in [4.69, 9.17) is 14.2 Å². The predicted molar refractivity (Wildman–Crippen MR) is 103 cm³/mol. The largest absolute Gasteiger partial charge is 0.497 e. The number of methoxy groups -OCH3 is 1. The van der Waals surface area contributed by atoms with Gasteiger partial charge in [0.25, 0.3) is 5.91 Å². The molecular weight excluding hydrogens is 346 g/mol. The average molecular weight is 371 g/mol. The Labute approximate surface area is 159 Å². The van der Waals surface area contributed by atoms with Crippen molar-refractivity contribution in [1.29, 1.82) is 0 Å². The summed E-state index contributed by atoms with van der Waals surface area (Å²) < 4.78 is 15.9. The lowest BCUT2D eigenvalue weighted by Gasteiger charge is -2.18. The molecule has 1 atom stereocenters. The van der Waals surface area contributed by atoms with Gasteiger partial charge >= 0.3 is 5.97 Å². The van der Waals surface area contributed by atoms with E-state index >= 15 is 0 Å². The molecule has 144 valence electrons. The second kappa shape index (κ2) is 9.62. The van der Waals surface area contributed by atoms with Gasteiger partial charge in [0.05, 0.1) is 19.3 Å². The molecule has 6 heteroatoms. The Morgan fingerprint density at radius 3 is 2.30 bits per heavy atom. The lowest BCUT2D eigenvalue weighted by atomic mass is 10.1. The van der Waals surface area contributed by atoms with Crippen LogP contribution in [0.4, 0.5) is 5.69 Å². The van der Waals surface area contributed by atoms with E-state index in [9.17, 15) is 9.59 Å². The smallest absolute Gasteiger partial charge is 0.338 e. The first kappa shape index (κ1) is 20.3. The van der Waals surface area contributed by atoms with Crippen molar-refractivity contribution in [2.24, 2.45) is 0 Å². The third-order valence-corrected chi connectivity index (χ3v) is 4.01. The number of amides is 1. The van der Waals surface area contributed by atoms with Gasteiger partial charge in [-0.05, 0) is 62.2 Å². The number of ether oxygens (including phenoxy) is 3. The Bertz CT molecular complexity index is 786. The van der Waals surface area contributed by atoms with Crippen LogP contribution in [0, 0.1) is 6.92 Å². The highest BCUT2D eigenvalue weighted by Gasteiger charge is 2.20. The number of anilines is 1. The van der Waals surface area contributed by atoms with Gasteiger partial charge in [-0.3, -0.25) is 4.79 Å². The number of hydrogen-bond donors (Lipinski definition) is 1. The van der Waals surface area contributed by atoms with Crippen molar-refractivity contribution in [2.75, 3.05) is 19.0 Å². The Morgan fingerprint density at radius 2 is 1.70 bits per heavy atom. The fourth-order valence-electron chi connectivity index (χ4n) is 2.45. The number of aryl methyl sites for hydroxylation is 1. The van der Waals surface area contributed by atoms with Crippen molar-refractivity contribution in [2.45, 2.75) is 33.3 Å². The normalized spacial score (nSPS) is 11.4. The summed E-state index contributed by atoms with van der Waals surface area (Å²) in [5, 5.41) is 2.84. The van der Waals surface area contributed by atoms with Gasteiger partial charge in [-0.25, -0.2) is 4.79 Å². The fraction of sp³-hybridized carbons (Fsp3) is 0.333. The van der Waals surface area contributed by atoms with E-state index in [-0.39, 0.29) is 5.91 Å². The lowest BCUT2D eigenvalue weighted by Crippen LogP contribution is -2.32. The van der Waals surface area contributed by atoms with E-state index in [1.165, 1.54) is 0 Å². The summed E-state index contributed by atoms with van der Waals surface area (Å²) in [6.07, 6.45) is -0.168. The van der Waals surface area contributed by atoms with Crippen LogP contribution >= 0.6 is 0 Å². The highest BCUT2D eigenvalue weighted by molar-refractivity contribution is 5.97. The molecule has 27 heavy (non-hydrogen) atoms. The summed E-state index contributed by atoms with van der Waals surface area (Å²) in [4.78, 5) is 24.6. The topological polar surface area (TPSA) is 73.9 Å². The molecular formula is C21H25NO5. The van der Waals surface area contributed by atoms with Crippen LogP contribution in [0.1, 0.15) is 36.2 Å². The molecule has 6 nitrogen and oxygen atoms in total. The summed E-state index contributed by atoms with van der Waals surface area (Å²) in [6.45, 7) is 5.77. The van der Waals surface area contributed by atoms with Gasteiger partial charge in [0.1, 0.15) is 11.5 Å². The molecule has 0 saturated heterocycles. The van der Waals surface area contributed by atoms with Crippen LogP contribution in [0.15, 0.2) is 42.5 Å². The minimum Gasteiger partial charge on any atom is -0.497 e. The number of carbonyl (C=O) groups excluding carboxylic acids is 2. The quantitative estimate of drug-likeness (QED) is 0.711. The number of nitrogens with one attached hydrogen (secondary N) is 1. The average Bonchev–Trinajstić information content (AvgIpc) is 2.68. The Balaban J connectivity index is 2.11. The number of esters is 1. The van der Waals surface area contributed by atoms with Crippen molar-refractivity contribution in [1.82, 2.24) is 0 Å². The number of benzene rings is 2. The molecule has 1 amide bonds. The predicted octanol–water partition coefficient (Wildman–Crippen LogP) is 3.98. The maximum absolute atomic E-state index is 12.7. The molecule has 0 aliphatic rings. The molecule has 0 aliphatic heterocycles. The monoisotopic (exact) mass is 371 g/mol. The molecule has 0 heterocycles. The molecule has 0 radical (unpaired) electrons. The zero-order valence-electron chi connectivity index (χ0n) is 16.1. The van der Waals surface area contributed by atoms with Crippen LogP contribution in [0.3, 0.4) is 0 Å². The zero-order valence-corrected chi connectivity index (χ0v) is 16.1.